The summed E-state index contributed by atoms with van der Waals surface area (Å²) in [6.45, 7) is 3.61. The molecule has 0 radical (unpaired) electrons. The maximum atomic E-state index is 9.81. The second-order valence-electron chi connectivity index (χ2n) is 3.59. The molecule has 0 spiro atoms. The zero-order chi connectivity index (χ0) is 11.4. The Morgan fingerprint density at radius 3 is 2.60 bits per heavy atom. The second kappa shape index (κ2) is 4.81. The van der Waals surface area contributed by atoms with Crippen molar-refractivity contribution in [2.24, 2.45) is 5.92 Å². The Balaban J connectivity index is 2.98. The molecule has 0 heterocycles. The van der Waals surface area contributed by atoms with Gasteiger partial charge >= 0.3 is 0 Å². The summed E-state index contributed by atoms with van der Waals surface area (Å²) < 4.78 is 5.12. The lowest BCUT2D eigenvalue weighted by molar-refractivity contribution is 0.142. The molecule has 1 rings (SSSR count). The van der Waals surface area contributed by atoms with Crippen molar-refractivity contribution in [3.63, 3.8) is 0 Å². The summed E-state index contributed by atoms with van der Waals surface area (Å²) in [6, 6.07) is 7.46. The first-order valence-corrected chi connectivity index (χ1v) is 4.82. The lowest BCUT2D eigenvalue weighted by Crippen LogP contribution is -2.07. The highest BCUT2D eigenvalue weighted by atomic mass is 16.5. The molecule has 0 bridgehead atoms. The first kappa shape index (κ1) is 11.5. The van der Waals surface area contributed by atoms with Crippen molar-refractivity contribution in [2.75, 3.05) is 7.11 Å². The van der Waals surface area contributed by atoms with Gasteiger partial charge in [-0.3, -0.25) is 0 Å². The molecule has 2 unspecified atom stereocenters. The molecule has 0 saturated heterocycles. The molecule has 0 saturated carbocycles. The molecule has 0 aliphatic rings. The summed E-state index contributed by atoms with van der Waals surface area (Å²) in [6.07, 6.45) is -0.736. The van der Waals surface area contributed by atoms with E-state index in [9.17, 15) is 5.11 Å². The van der Waals surface area contributed by atoms with Gasteiger partial charge in [0.25, 0.3) is 0 Å². The van der Waals surface area contributed by atoms with Gasteiger partial charge in [-0.25, -0.2) is 0 Å². The third-order valence-corrected chi connectivity index (χ3v) is 2.44. The summed E-state index contributed by atoms with van der Waals surface area (Å²) in [7, 11) is 1.61. The van der Waals surface area contributed by atoms with Crippen molar-refractivity contribution in [1.29, 1.82) is 5.26 Å². The van der Waals surface area contributed by atoms with Gasteiger partial charge < -0.3 is 9.84 Å². The smallest absolute Gasteiger partial charge is 0.121 e. The van der Waals surface area contributed by atoms with E-state index in [1.54, 1.807) is 26.2 Å². The highest BCUT2D eigenvalue weighted by Gasteiger charge is 2.16. The summed E-state index contributed by atoms with van der Waals surface area (Å²) >= 11 is 0. The molecule has 0 aromatic heterocycles. The van der Waals surface area contributed by atoms with E-state index in [0.717, 1.165) is 16.9 Å². The van der Waals surface area contributed by atoms with Crippen molar-refractivity contribution in [3.05, 3.63) is 29.3 Å². The zero-order valence-corrected chi connectivity index (χ0v) is 9.19. The molecule has 2 atom stereocenters. The molecule has 0 fully saturated rings. The van der Waals surface area contributed by atoms with Crippen molar-refractivity contribution < 1.29 is 9.84 Å². The molecule has 15 heavy (non-hydrogen) atoms. The Morgan fingerprint density at radius 1 is 1.47 bits per heavy atom. The predicted octanol–water partition coefficient (Wildman–Crippen LogP) is 2.20. The molecule has 3 heteroatoms. The van der Waals surface area contributed by atoms with Gasteiger partial charge in [-0.05, 0) is 37.1 Å². The largest absolute Gasteiger partial charge is 0.496 e. The Hall–Kier alpha value is -1.53. The fraction of sp³-hybridized carbons (Fsp3) is 0.417. The molecule has 1 N–H and O–H groups in total. The standard InChI is InChI=1S/C12H15NO2/c1-8-6-10(4-5-11(8)15-3)12(14)9(2)7-13/h4-6,9,12,14H,1-3H3. The maximum absolute atomic E-state index is 9.81. The minimum Gasteiger partial charge on any atom is -0.496 e. The molecule has 0 amide bonds. The van der Waals surface area contributed by atoms with E-state index in [0.29, 0.717) is 0 Å². The van der Waals surface area contributed by atoms with E-state index in [4.69, 9.17) is 10.00 Å². The van der Waals surface area contributed by atoms with Crippen LogP contribution in [0.1, 0.15) is 24.2 Å². The monoisotopic (exact) mass is 205 g/mol. The van der Waals surface area contributed by atoms with Crippen LogP contribution >= 0.6 is 0 Å². The average Bonchev–Trinajstić information content (AvgIpc) is 2.26. The summed E-state index contributed by atoms with van der Waals surface area (Å²) in [4.78, 5) is 0. The number of hydrogen-bond acceptors (Lipinski definition) is 3. The van der Waals surface area contributed by atoms with Gasteiger partial charge in [0.05, 0.1) is 25.2 Å². The molecule has 1 aromatic rings. The number of rotatable bonds is 3. The lowest BCUT2D eigenvalue weighted by atomic mass is 9.97. The molecular formula is C12H15NO2. The average molecular weight is 205 g/mol. The minimum absolute atomic E-state index is 0.405. The number of benzene rings is 1. The van der Waals surface area contributed by atoms with Gasteiger partial charge in [-0.1, -0.05) is 6.07 Å². The van der Waals surface area contributed by atoms with Crippen LogP contribution in [0.15, 0.2) is 18.2 Å². The first-order chi connectivity index (χ1) is 7.10. The highest BCUT2D eigenvalue weighted by Crippen LogP contribution is 2.26. The number of nitriles is 1. The quantitative estimate of drug-likeness (QED) is 0.823. The molecule has 1 aromatic carbocycles. The third kappa shape index (κ3) is 2.48. The van der Waals surface area contributed by atoms with Crippen LogP contribution in [0.4, 0.5) is 0 Å². The molecule has 3 nitrogen and oxygen atoms in total. The Morgan fingerprint density at radius 2 is 2.13 bits per heavy atom. The molecule has 0 aliphatic carbocycles. The molecular weight excluding hydrogens is 190 g/mol. The first-order valence-electron chi connectivity index (χ1n) is 4.82. The van der Waals surface area contributed by atoms with E-state index < -0.39 is 12.0 Å². The van der Waals surface area contributed by atoms with Crippen LogP contribution in [0.5, 0.6) is 5.75 Å². The van der Waals surface area contributed by atoms with E-state index in [1.165, 1.54) is 0 Å². The summed E-state index contributed by atoms with van der Waals surface area (Å²) in [5.41, 5.74) is 1.71. The van der Waals surface area contributed by atoms with Gasteiger partial charge in [0.1, 0.15) is 5.75 Å². The molecule has 0 aliphatic heterocycles. The molecule has 80 valence electrons. The Bertz CT molecular complexity index is 382. The van der Waals surface area contributed by atoms with Gasteiger partial charge in [-0.15, -0.1) is 0 Å². The van der Waals surface area contributed by atoms with Crippen LogP contribution in [-0.2, 0) is 0 Å². The van der Waals surface area contributed by atoms with Crippen molar-refractivity contribution in [2.45, 2.75) is 20.0 Å². The van der Waals surface area contributed by atoms with Crippen LogP contribution in [0.3, 0.4) is 0 Å². The number of methoxy groups -OCH3 is 1. The lowest BCUT2D eigenvalue weighted by Gasteiger charge is -2.14. The van der Waals surface area contributed by atoms with E-state index in [-0.39, 0.29) is 0 Å². The number of aliphatic hydroxyl groups is 1. The van der Waals surface area contributed by atoms with E-state index in [1.807, 2.05) is 19.1 Å². The highest BCUT2D eigenvalue weighted by molar-refractivity contribution is 5.37. The van der Waals surface area contributed by atoms with Crippen molar-refractivity contribution in [1.82, 2.24) is 0 Å². The SMILES string of the molecule is COc1ccc(C(O)C(C)C#N)cc1C. The zero-order valence-electron chi connectivity index (χ0n) is 9.19. The van der Waals surface area contributed by atoms with Crippen LogP contribution in [0.25, 0.3) is 0 Å². The summed E-state index contributed by atoms with van der Waals surface area (Å²) in [5, 5.41) is 18.5. The minimum atomic E-state index is -0.736. The van der Waals surface area contributed by atoms with Crippen LogP contribution in [-0.4, -0.2) is 12.2 Å². The fourth-order valence-corrected chi connectivity index (χ4v) is 1.44. The Labute approximate surface area is 89.9 Å². The number of aliphatic hydroxyl groups excluding tert-OH is 1. The second-order valence-corrected chi connectivity index (χ2v) is 3.59. The van der Waals surface area contributed by atoms with Crippen molar-refractivity contribution in [3.8, 4) is 11.8 Å². The van der Waals surface area contributed by atoms with Crippen LogP contribution < -0.4 is 4.74 Å². The van der Waals surface area contributed by atoms with E-state index >= 15 is 0 Å². The third-order valence-electron chi connectivity index (χ3n) is 2.44. The predicted molar refractivity (Wildman–Crippen MR) is 57.5 cm³/mol. The topological polar surface area (TPSA) is 53.2 Å². The number of ether oxygens (including phenoxy) is 1. The normalized spacial score (nSPS) is 14.1. The van der Waals surface area contributed by atoms with Gasteiger partial charge in [-0.2, -0.15) is 5.26 Å². The number of hydrogen-bond donors (Lipinski definition) is 1. The van der Waals surface area contributed by atoms with E-state index in [2.05, 4.69) is 0 Å². The van der Waals surface area contributed by atoms with Crippen molar-refractivity contribution >= 4 is 0 Å². The van der Waals surface area contributed by atoms with Gasteiger partial charge in [0.15, 0.2) is 0 Å². The maximum Gasteiger partial charge on any atom is 0.121 e. The van der Waals surface area contributed by atoms with Gasteiger partial charge in [0, 0.05) is 0 Å². The summed E-state index contributed by atoms with van der Waals surface area (Å²) in [5.74, 6) is 0.383. The van der Waals surface area contributed by atoms with Crippen LogP contribution in [0.2, 0.25) is 0 Å². The number of aryl methyl sites for hydroxylation is 1. The van der Waals surface area contributed by atoms with Crippen LogP contribution in [0, 0.1) is 24.2 Å². The van der Waals surface area contributed by atoms with Gasteiger partial charge in [0.2, 0.25) is 0 Å². The Kier molecular flexibility index (Phi) is 3.70. The number of nitrogens with zero attached hydrogens (tertiary/aromatic N) is 1. The fourth-order valence-electron chi connectivity index (χ4n) is 1.44.